The first kappa shape index (κ1) is 21.4. The van der Waals surface area contributed by atoms with Crippen LogP contribution in [-0.2, 0) is 23.1 Å². The van der Waals surface area contributed by atoms with Gasteiger partial charge in [-0.3, -0.25) is 18.4 Å². The first-order valence-corrected chi connectivity index (χ1v) is 7.77. The van der Waals surface area contributed by atoms with Gasteiger partial charge in [-0.25, -0.2) is 0 Å². The highest BCUT2D eigenvalue weighted by Gasteiger charge is 2.46. The molecule has 0 radical (unpaired) electrons. The summed E-state index contributed by atoms with van der Waals surface area (Å²) < 4.78 is 94.3. The van der Waals surface area contributed by atoms with Gasteiger partial charge in [0.15, 0.2) is 13.2 Å². The molecule has 0 N–H and O–H groups in total. The van der Waals surface area contributed by atoms with Crippen LogP contribution in [0.5, 0.6) is 0 Å². The number of esters is 1. The van der Waals surface area contributed by atoms with E-state index in [-0.39, 0.29) is 0 Å². The zero-order chi connectivity index (χ0) is 17.6. The summed E-state index contributed by atoms with van der Waals surface area (Å²) in [5.74, 6) is -1.42. The Morgan fingerprint density at radius 2 is 1.55 bits per heavy atom. The Bertz CT molecular complexity index is 415. The van der Waals surface area contributed by atoms with Crippen molar-refractivity contribution in [3.63, 3.8) is 0 Å². The van der Waals surface area contributed by atoms with Gasteiger partial charge in [0.2, 0.25) is 4.57 Å². The molecule has 1 atom stereocenters. The van der Waals surface area contributed by atoms with Gasteiger partial charge < -0.3 is 4.74 Å². The minimum atomic E-state index is -5.13. The minimum Gasteiger partial charge on any atom is -0.460 e. The molecule has 0 aromatic rings. The van der Waals surface area contributed by atoms with Gasteiger partial charge in [-0.05, 0) is 0 Å². The van der Waals surface area contributed by atoms with Gasteiger partial charge in [-0.2, -0.15) is 26.3 Å². The second kappa shape index (κ2) is 8.32. The second-order valence-corrected chi connectivity index (χ2v) is 7.31. The van der Waals surface area contributed by atoms with E-state index in [1.165, 1.54) is 0 Å². The van der Waals surface area contributed by atoms with Crippen LogP contribution < -0.4 is 0 Å². The molecule has 22 heavy (non-hydrogen) atoms. The molecule has 5 nitrogen and oxygen atoms in total. The third-order valence-corrected chi connectivity index (χ3v) is 5.25. The molecule has 0 aromatic carbocycles. The molecule has 0 fully saturated rings. The summed E-state index contributed by atoms with van der Waals surface area (Å²) in [6.45, 7) is -1.57. The first-order chi connectivity index (χ1) is 9.81. The van der Waals surface area contributed by atoms with Crippen LogP contribution in [0.4, 0.5) is 26.3 Å². The molecule has 130 valence electrons. The van der Waals surface area contributed by atoms with E-state index < -0.39 is 50.3 Å². The van der Waals surface area contributed by atoms with E-state index >= 15 is 0 Å². The van der Waals surface area contributed by atoms with E-state index in [1.807, 2.05) is 0 Å². The number of carbonyl (C=O) groups is 1. The molecule has 0 rings (SSSR count). The Morgan fingerprint density at radius 1 is 1.14 bits per heavy atom. The smallest absolute Gasteiger partial charge is 0.412 e. The van der Waals surface area contributed by atoms with Gasteiger partial charge in [0.25, 0.3) is 0 Å². The molecule has 0 spiro atoms. The Hall–Kier alpha value is -0.580. The van der Waals surface area contributed by atoms with E-state index in [0.29, 0.717) is 0 Å². The predicted molar refractivity (Wildman–Crippen MR) is 65.5 cm³/mol. The van der Waals surface area contributed by atoms with Crippen molar-refractivity contribution in [2.45, 2.75) is 16.9 Å². The molecule has 0 saturated heterocycles. The zero-order valence-corrected chi connectivity index (χ0v) is 13.1. The number of halogens is 7. The highest BCUT2D eigenvalue weighted by atomic mass is 79.9. The van der Waals surface area contributed by atoms with Gasteiger partial charge in [0.05, 0.1) is 0 Å². The van der Waals surface area contributed by atoms with Gasteiger partial charge in [-0.15, -0.1) is 0 Å². The predicted octanol–water partition coefficient (Wildman–Crippen LogP) is 3.79. The van der Waals surface area contributed by atoms with Crippen LogP contribution in [0, 0.1) is 0 Å². The highest BCUT2D eigenvalue weighted by Crippen LogP contribution is 2.57. The summed E-state index contributed by atoms with van der Waals surface area (Å²) in [4.78, 5) is 11.4. The summed E-state index contributed by atoms with van der Waals surface area (Å²) in [5.41, 5.74) is 0. The molecule has 0 aliphatic rings. The van der Waals surface area contributed by atoms with Crippen molar-refractivity contribution < 1.29 is 49.5 Å². The van der Waals surface area contributed by atoms with Crippen molar-refractivity contribution in [2.75, 3.05) is 19.8 Å². The Labute approximate surface area is 129 Å². The van der Waals surface area contributed by atoms with Crippen molar-refractivity contribution in [3.05, 3.63) is 12.7 Å². The minimum absolute atomic E-state index is 0.403. The van der Waals surface area contributed by atoms with E-state index in [9.17, 15) is 35.7 Å². The van der Waals surface area contributed by atoms with Crippen molar-refractivity contribution >= 4 is 29.5 Å². The average Bonchev–Trinajstić information content (AvgIpc) is 2.37. The van der Waals surface area contributed by atoms with Gasteiger partial charge in [0.1, 0.15) is 6.61 Å². The van der Waals surface area contributed by atoms with E-state index in [2.05, 4.69) is 36.3 Å². The lowest BCUT2D eigenvalue weighted by Gasteiger charge is -2.23. The molecule has 0 heterocycles. The zero-order valence-electron chi connectivity index (χ0n) is 10.6. The molecule has 0 bridgehead atoms. The maximum Gasteiger partial charge on any atom is 0.412 e. The van der Waals surface area contributed by atoms with E-state index in [1.54, 1.807) is 0 Å². The van der Waals surface area contributed by atoms with Gasteiger partial charge in [-0.1, -0.05) is 28.6 Å². The third-order valence-electron chi connectivity index (χ3n) is 1.63. The van der Waals surface area contributed by atoms with Crippen molar-refractivity contribution in [3.8, 4) is 0 Å². The van der Waals surface area contributed by atoms with Crippen molar-refractivity contribution in [2.24, 2.45) is 0 Å². The lowest BCUT2D eigenvalue weighted by Crippen LogP contribution is -2.26. The van der Waals surface area contributed by atoms with Crippen LogP contribution in [0.25, 0.3) is 0 Å². The largest absolute Gasteiger partial charge is 0.460 e. The third kappa shape index (κ3) is 8.76. The number of alkyl halides is 7. The van der Waals surface area contributed by atoms with Crippen molar-refractivity contribution in [1.82, 2.24) is 0 Å². The van der Waals surface area contributed by atoms with Crippen LogP contribution in [0.3, 0.4) is 0 Å². The van der Waals surface area contributed by atoms with Crippen LogP contribution in [0.15, 0.2) is 12.7 Å². The number of carbonyl (C=O) groups excluding carboxylic acids is 1. The number of ether oxygens (including phenoxy) is 1. The molecular formula is C9H10BrF6O5P. The Kier molecular flexibility index (Phi) is 8.10. The fraction of sp³-hybridized carbons (Fsp3) is 0.667. The molecule has 0 aliphatic carbocycles. The normalized spacial score (nSPS) is 14.5. The van der Waals surface area contributed by atoms with Crippen LogP contribution in [0.1, 0.15) is 0 Å². The fourth-order valence-corrected chi connectivity index (χ4v) is 3.00. The van der Waals surface area contributed by atoms with E-state index in [4.69, 9.17) is 0 Å². The second-order valence-electron chi connectivity index (χ2n) is 3.57. The summed E-state index contributed by atoms with van der Waals surface area (Å²) in [6, 6.07) is 0. The number of hydrogen-bond donors (Lipinski definition) is 0. The first-order valence-electron chi connectivity index (χ1n) is 5.24. The van der Waals surface area contributed by atoms with Crippen LogP contribution in [0.2, 0.25) is 0 Å². The summed E-state index contributed by atoms with van der Waals surface area (Å²) >= 11 is 2.37. The molecular weight excluding hydrogens is 413 g/mol. The molecule has 0 aromatic heterocycles. The summed E-state index contributed by atoms with van der Waals surface area (Å²) in [5, 5.41) is 0. The molecule has 1 unspecified atom stereocenters. The summed E-state index contributed by atoms with van der Waals surface area (Å²) in [7, 11) is -5.13. The van der Waals surface area contributed by atoms with Gasteiger partial charge in [0, 0.05) is 0 Å². The van der Waals surface area contributed by atoms with Gasteiger partial charge >= 0.3 is 25.9 Å². The lowest BCUT2D eigenvalue weighted by atomic mass is 10.7. The lowest BCUT2D eigenvalue weighted by molar-refractivity contribution is -0.166. The maximum absolute atomic E-state index is 12.1. The fourth-order valence-electron chi connectivity index (χ4n) is 0.833. The quantitative estimate of drug-likeness (QED) is 0.196. The maximum atomic E-state index is 12.1. The topological polar surface area (TPSA) is 61.8 Å². The van der Waals surface area contributed by atoms with Crippen LogP contribution >= 0.6 is 23.5 Å². The SMILES string of the molecule is C=CCOC(=O)C(Br)P(=O)(OCC(F)(F)F)OCC(F)(F)F. The van der Waals surface area contributed by atoms with E-state index in [0.717, 1.165) is 6.08 Å². The highest BCUT2D eigenvalue weighted by molar-refractivity contribution is 9.11. The van der Waals surface area contributed by atoms with Crippen molar-refractivity contribution in [1.29, 1.82) is 0 Å². The standard InChI is InChI=1S/C9H10BrF6O5P/c1-2-3-19-7(17)6(10)22(18,20-4-8(11,12)13)21-5-9(14,15)16/h2,6H,1,3-5H2. The molecule has 13 heteroatoms. The Balaban J connectivity index is 5.08. The van der Waals surface area contributed by atoms with Crippen LogP contribution in [-0.4, -0.2) is 42.7 Å². The molecule has 0 saturated carbocycles. The molecule has 0 amide bonds. The average molecular weight is 423 g/mol. The number of rotatable bonds is 8. The monoisotopic (exact) mass is 422 g/mol. The molecule has 0 aliphatic heterocycles. The Morgan fingerprint density at radius 3 is 1.86 bits per heavy atom. The summed E-state index contributed by atoms with van der Waals surface area (Å²) in [6.07, 6.45) is -8.90. The number of hydrogen-bond acceptors (Lipinski definition) is 5.